The summed E-state index contributed by atoms with van der Waals surface area (Å²) in [6, 6.07) is 8.39. The van der Waals surface area contributed by atoms with E-state index in [4.69, 9.17) is 9.47 Å². The molecule has 35 heavy (non-hydrogen) atoms. The van der Waals surface area contributed by atoms with Crippen molar-refractivity contribution < 1.29 is 23.9 Å². The van der Waals surface area contributed by atoms with Crippen LogP contribution < -0.4 is 5.32 Å². The lowest BCUT2D eigenvalue weighted by Crippen LogP contribution is -2.60. The molecular weight excluding hydrogens is 448 g/mol. The number of amides is 3. The highest BCUT2D eigenvalue weighted by atomic mass is 16.5. The lowest BCUT2D eigenvalue weighted by Gasteiger charge is -2.44. The minimum atomic E-state index is -0.858. The summed E-state index contributed by atoms with van der Waals surface area (Å²) >= 11 is 0. The third-order valence-corrected chi connectivity index (χ3v) is 7.64. The molecule has 1 N–H and O–H groups in total. The van der Waals surface area contributed by atoms with Crippen LogP contribution in [0.3, 0.4) is 0 Å². The van der Waals surface area contributed by atoms with E-state index >= 15 is 0 Å². The van der Waals surface area contributed by atoms with Crippen LogP contribution >= 0.6 is 0 Å². The molecule has 1 aromatic carbocycles. The smallest absolute Gasteiger partial charge is 0.256 e. The molecular formula is C26H36N4O5. The van der Waals surface area contributed by atoms with E-state index in [9.17, 15) is 14.4 Å². The number of hydrogen-bond donors (Lipinski definition) is 1. The van der Waals surface area contributed by atoms with Crippen molar-refractivity contribution >= 4 is 17.7 Å². The summed E-state index contributed by atoms with van der Waals surface area (Å²) in [4.78, 5) is 45.4. The molecule has 9 heteroatoms. The molecule has 1 spiro atoms. The average Bonchev–Trinajstić information content (AvgIpc) is 3.69. The average molecular weight is 485 g/mol. The molecule has 0 bridgehead atoms. The van der Waals surface area contributed by atoms with Gasteiger partial charge in [-0.1, -0.05) is 18.2 Å². The fourth-order valence-electron chi connectivity index (χ4n) is 5.41. The zero-order valence-corrected chi connectivity index (χ0v) is 20.3. The van der Waals surface area contributed by atoms with Crippen molar-refractivity contribution in [2.24, 2.45) is 5.92 Å². The highest BCUT2D eigenvalue weighted by Gasteiger charge is 2.54. The van der Waals surface area contributed by atoms with Crippen LogP contribution in [0.5, 0.6) is 0 Å². The Hall–Kier alpha value is -2.49. The van der Waals surface area contributed by atoms with Crippen molar-refractivity contribution in [1.82, 2.24) is 20.0 Å². The Morgan fingerprint density at radius 3 is 2.40 bits per heavy atom. The first kappa shape index (κ1) is 24.2. The van der Waals surface area contributed by atoms with Crippen molar-refractivity contribution in [3.63, 3.8) is 0 Å². The molecule has 5 rings (SSSR count). The zero-order chi connectivity index (χ0) is 24.3. The van der Waals surface area contributed by atoms with Crippen molar-refractivity contribution in [3.8, 4) is 0 Å². The van der Waals surface area contributed by atoms with Gasteiger partial charge in [-0.3, -0.25) is 24.2 Å². The Morgan fingerprint density at radius 2 is 1.71 bits per heavy atom. The molecule has 1 unspecified atom stereocenters. The van der Waals surface area contributed by atoms with E-state index in [1.165, 1.54) is 0 Å². The van der Waals surface area contributed by atoms with E-state index in [1.807, 2.05) is 23.1 Å². The Kier molecular flexibility index (Phi) is 7.36. The molecule has 3 aliphatic heterocycles. The summed E-state index contributed by atoms with van der Waals surface area (Å²) in [5.41, 5.74) is -0.317. The predicted octanol–water partition coefficient (Wildman–Crippen LogP) is 1.09. The largest absolute Gasteiger partial charge is 0.379 e. The van der Waals surface area contributed by atoms with Crippen LogP contribution in [0, 0.1) is 5.92 Å². The van der Waals surface area contributed by atoms with E-state index in [0.29, 0.717) is 38.0 Å². The van der Waals surface area contributed by atoms with Gasteiger partial charge in [0.15, 0.2) is 0 Å². The maximum atomic E-state index is 13.7. The third kappa shape index (κ3) is 5.37. The van der Waals surface area contributed by atoms with Gasteiger partial charge in [0, 0.05) is 57.0 Å². The van der Waals surface area contributed by atoms with E-state index in [1.54, 1.807) is 17.0 Å². The van der Waals surface area contributed by atoms with Gasteiger partial charge in [0.25, 0.3) is 5.91 Å². The molecule has 3 amide bonds. The fraction of sp³-hybridized carbons (Fsp3) is 0.654. The molecule has 1 saturated carbocycles. The second-order valence-corrected chi connectivity index (χ2v) is 10.0. The van der Waals surface area contributed by atoms with Gasteiger partial charge in [-0.05, 0) is 37.9 Å². The number of carbonyl (C=O) groups excluding carboxylic acids is 3. The summed E-state index contributed by atoms with van der Waals surface area (Å²) in [5, 5.41) is 3.04. The normalized spacial score (nSPS) is 24.5. The molecule has 0 radical (unpaired) electrons. The Morgan fingerprint density at radius 1 is 1.00 bits per heavy atom. The number of nitrogens with one attached hydrogen (secondary N) is 1. The molecule has 190 valence electrons. The van der Waals surface area contributed by atoms with Crippen LogP contribution in [-0.4, -0.2) is 103 Å². The Bertz CT molecular complexity index is 908. The van der Waals surface area contributed by atoms with Crippen LogP contribution in [0.25, 0.3) is 0 Å². The van der Waals surface area contributed by atoms with E-state index < -0.39 is 11.8 Å². The van der Waals surface area contributed by atoms with Gasteiger partial charge in [-0.2, -0.15) is 0 Å². The van der Waals surface area contributed by atoms with Gasteiger partial charge in [-0.25, -0.2) is 0 Å². The molecule has 0 aromatic heterocycles. The lowest BCUT2D eigenvalue weighted by molar-refractivity contribution is -0.144. The number of rotatable bonds is 7. The number of nitrogens with zero attached hydrogens (tertiary/aromatic N) is 3. The number of morpholine rings is 1. The highest BCUT2D eigenvalue weighted by Crippen LogP contribution is 2.40. The van der Waals surface area contributed by atoms with Crippen LogP contribution in [0.2, 0.25) is 0 Å². The lowest BCUT2D eigenvalue weighted by atomic mass is 9.96. The number of likely N-dealkylation sites (tertiary alicyclic amines) is 1. The van der Waals surface area contributed by atoms with Gasteiger partial charge < -0.3 is 19.7 Å². The molecule has 3 saturated heterocycles. The third-order valence-electron chi connectivity index (χ3n) is 7.64. The summed E-state index contributed by atoms with van der Waals surface area (Å²) < 4.78 is 11.6. The topological polar surface area (TPSA) is 91.4 Å². The van der Waals surface area contributed by atoms with Crippen molar-refractivity contribution in [2.75, 3.05) is 59.1 Å². The van der Waals surface area contributed by atoms with Crippen LogP contribution in [-0.2, 0) is 19.1 Å². The van der Waals surface area contributed by atoms with Crippen molar-refractivity contribution in [2.45, 2.75) is 43.9 Å². The first-order valence-electron chi connectivity index (χ1n) is 13.0. The molecule has 1 aliphatic carbocycles. The first-order valence-corrected chi connectivity index (χ1v) is 13.0. The maximum absolute atomic E-state index is 13.7. The van der Waals surface area contributed by atoms with Crippen LogP contribution in [0.4, 0.5) is 0 Å². The van der Waals surface area contributed by atoms with E-state index in [2.05, 4.69) is 10.2 Å². The Balaban J connectivity index is 1.24. The van der Waals surface area contributed by atoms with Gasteiger partial charge >= 0.3 is 0 Å². The number of piperidine rings is 1. The van der Waals surface area contributed by atoms with Gasteiger partial charge in [-0.15, -0.1) is 0 Å². The molecule has 4 fully saturated rings. The van der Waals surface area contributed by atoms with Crippen molar-refractivity contribution in [1.29, 1.82) is 0 Å². The predicted molar refractivity (Wildman–Crippen MR) is 129 cm³/mol. The monoisotopic (exact) mass is 484 g/mol. The van der Waals surface area contributed by atoms with E-state index in [0.717, 1.165) is 52.1 Å². The Labute approximate surface area is 206 Å². The maximum Gasteiger partial charge on any atom is 0.256 e. The molecule has 1 aromatic rings. The minimum Gasteiger partial charge on any atom is -0.379 e. The van der Waals surface area contributed by atoms with Crippen LogP contribution in [0.1, 0.15) is 42.5 Å². The molecule has 1 atom stereocenters. The van der Waals surface area contributed by atoms with Gasteiger partial charge in [0.2, 0.25) is 11.8 Å². The van der Waals surface area contributed by atoms with Gasteiger partial charge in [0.05, 0.1) is 19.8 Å². The zero-order valence-electron chi connectivity index (χ0n) is 20.3. The fourth-order valence-corrected chi connectivity index (χ4v) is 5.41. The number of benzene rings is 1. The quantitative estimate of drug-likeness (QED) is 0.583. The SMILES string of the molecule is O=C(NCCCN1CCOCC1)C1COC2(CCN(C(=O)C3CC3)CC2)N1C(=O)c1ccccc1. The number of hydrogen-bond acceptors (Lipinski definition) is 6. The summed E-state index contributed by atoms with van der Waals surface area (Å²) in [6.45, 7) is 6.08. The summed E-state index contributed by atoms with van der Waals surface area (Å²) in [6.07, 6.45) is 3.83. The van der Waals surface area contributed by atoms with E-state index in [-0.39, 0.29) is 30.2 Å². The number of ether oxygens (including phenoxy) is 2. The minimum absolute atomic E-state index is 0.171. The second-order valence-electron chi connectivity index (χ2n) is 10.0. The van der Waals surface area contributed by atoms with Gasteiger partial charge in [0.1, 0.15) is 11.8 Å². The summed E-state index contributed by atoms with van der Waals surface area (Å²) in [7, 11) is 0. The number of carbonyl (C=O) groups is 3. The second kappa shape index (κ2) is 10.6. The van der Waals surface area contributed by atoms with Crippen LogP contribution in [0.15, 0.2) is 30.3 Å². The van der Waals surface area contributed by atoms with Crippen molar-refractivity contribution in [3.05, 3.63) is 35.9 Å². The first-order chi connectivity index (χ1) is 17.1. The summed E-state index contributed by atoms with van der Waals surface area (Å²) in [5.74, 6) is 0.0167. The standard InChI is InChI=1S/C26H36N4O5/c31-23(27-11-4-12-28-15-17-34-18-16-28)22-19-35-26(30(22)25(33)20-5-2-1-3-6-20)9-13-29(14-10-26)24(32)21-7-8-21/h1-3,5-6,21-22H,4,7-19H2,(H,27,31). The molecule has 9 nitrogen and oxygen atoms in total. The molecule has 3 heterocycles. The highest BCUT2D eigenvalue weighted by molar-refractivity contribution is 5.98. The molecule has 4 aliphatic rings.